The lowest BCUT2D eigenvalue weighted by Crippen LogP contribution is -2.37. The lowest BCUT2D eigenvalue weighted by Gasteiger charge is -2.26. The predicted octanol–water partition coefficient (Wildman–Crippen LogP) is 12.4. The number of anilines is 3. The van der Waals surface area contributed by atoms with Crippen molar-refractivity contribution in [3.63, 3.8) is 0 Å². The van der Waals surface area contributed by atoms with Crippen molar-refractivity contribution >= 4 is 52.0 Å². The van der Waals surface area contributed by atoms with E-state index in [0.29, 0.717) is 0 Å². The number of aromatic nitrogens is 1. The van der Waals surface area contributed by atoms with Crippen LogP contribution < -0.4 is 10.1 Å². The molecular formula is C46H38N2Si. The van der Waals surface area contributed by atoms with E-state index in [1.165, 1.54) is 60.1 Å². The second-order valence-electron chi connectivity index (χ2n) is 13.7. The molecule has 8 aromatic rings. The highest BCUT2D eigenvalue weighted by Crippen LogP contribution is 2.44. The van der Waals surface area contributed by atoms with Gasteiger partial charge in [0.05, 0.1) is 8.07 Å². The van der Waals surface area contributed by atoms with Gasteiger partial charge in [-0.15, -0.1) is 0 Å². The molecule has 2 nitrogen and oxygen atoms in total. The highest BCUT2D eigenvalue weighted by Gasteiger charge is 2.20. The number of para-hydroxylation sites is 1. The standard InChI is InChI=1S/C46H38N2Si/c1-49(2,3)39-30-31-44(47-32-39)48(37-16-8-5-9-17-37)38-28-26-36(27-29-38)46-42-20-12-10-18-40(42)45(41-19-11-13-21-43(41)46)35-24-22-34(23-25-35)33-14-6-4-7-15-33/h4-32H,1-3H3. The Bertz CT molecular complexity index is 2320. The van der Waals surface area contributed by atoms with Gasteiger partial charge in [0.25, 0.3) is 0 Å². The number of benzene rings is 7. The Morgan fingerprint density at radius 3 is 1.27 bits per heavy atom. The SMILES string of the molecule is C[Si](C)(C)c1ccc(N(c2ccccc2)c2ccc(-c3c4ccccc4c(-c4ccc(-c5ccccc5)cc4)c4ccccc34)cc2)nc1. The van der Waals surface area contributed by atoms with E-state index in [1.807, 2.05) is 0 Å². The Morgan fingerprint density at radius 2 is 0.796 bits per heavy atom. The van der Waals surface area contributed by atoms with Gasteiger partial charge in [0.15, 0.2) is 0 Å². The lowest BCUT2D eigenvalue weighted by atomic mass is 9.85. The number of nitrogens with zero attached hydrogens (tertiary/aromatic N) is 2. The van der Waals surface area contributed by atoms with Crippen molar-refractivity contribution in [2.24, 2.45) is 0 Å². The summed E-state index contributed by atoms with van der Waals surface area (Å²) in [4.78, 5) is 7.23. The van der Waals surface area contributed by atoms with E-state index in [-0.39, 0.29) is 0 Å². The van der Waals surface area contributed by atoms with Crippen LogP contribution in [0.1, 0.15) is 0 Å². The van der Waals surface area contributed by atoms with Gasteiger partial charge in [0, 0.05) is 17.6 Å². The third-order valence-corrected chi connectivity index (χ3v) is 11.5. The van der Waals surface area contributed by atoms with E-state index in [2.05, 4.69) is 201 Å². The summed E-state index contributed by atoms with van der Waals surface area (Å²) < 4.78 is 0. The van der Waals surface area contributed by atoms with Crippen LogP contribution in [0.15, 0.2) is 176 Å². The summed E-state index contributed by atoms with van der Waals surface area (Å²) in [5, 5.41) is 6.36. The second-order valence-corrected chi connectivity index (χ2v) is 18.7. The summed E-state index contributed by atoms with van der Waals surface area (Å²) in [6.45, 7) is 7.08. The van der Waals surface area contributed by atoms with Gasteiger partial charge in [-0.3, -0.25) is 4.90 Å². The molecule has 0 bridgehead atoms. The summed E-state index contributed by atoms with van der Waals surface area (Å²) in [6, 6.07) is 61.3. The van der Waals surface area contributed by atoms with Crippen molar-refractivity contribution in [3.8, 4) is 33.4 Å². The molecule has 7 aromatic carbocycles. The molecule has 1 aromatic heterocycles. The normalized spacial score (nSPS) is 11.6. The minimum atomic E-state index is -1.46. The largest absolute Gasteiger partial charge is 0.295 e. The Kier molecular flexibility index (Phi) is 7.91. The summed E-state index contributed by atoms with van der Waals surface area (Å²) in [5.74, 6) is 0.916. The van der Waals surface area contributed by atoms with Crippen LogP contribution in [0.2, 0.25) is 19.6 Å². The highest BCUT2D eigenvalue weighted by molar-refractivity contribution is 6.88. The molecule has 0 radical (unpaired) electrons. The average molecular weight is 647 g/mol. The fourth-order valence-corrected chi connectivity index (χ4v) is 7.98. The number of hydrogen-bond acceptors (Lipinski definition) is 2. The van der Waals surface area contributed by atoms with Gasteiger partial charge >= 0.3 is 0 Å². The van der Waals surface area contributed by atoms with E-state index in [0.717, 1.165) is 17.2 Å². The summed E-state index contributed by atoms with van der Waals surface area (Å²) in [6.07, 6.45) is 2.07. The molecule has 49 heavy (non-hydrogen) atoms. The topological polar surface area (TPSA) is 16.1 Å². The van der Waals surface area contributed by atoms with Gasteiger partial charge in [-0.05, 0) is 90.4 Å². The molecule has 0 aliphatic heterocycles. The van der Waals surface area contributed by atoms with Crippen LogP contribution in [0.5, 0.6) is 0 Å². The Morgan fingerprint density at radius 1 is 0.388 bits per heavy atom. The van der Waals surface area contributed by atoms with E-state index in [1.54, 1.807) is 0 Å². The van der Waals surface area contributed by atoms with Crippen LogP contribution >= 0.6 is 0 Å². The van der Waals surface area contributed by atoms with Gasteiger partial charge in [0.2, 0.25) is 0 Å². The van der Waals surface area contributed by atoms with Crippen molar-refractivity contribution in [3.05, 3.63) is 176 Å². The first-order valence-electron chi connectivity index (χ1n) is 17.0. The molecule has 0 saturated carbocycles. The van der Waals surface area contributed by atoms with Crippen LogP contribution in [-0.4, -0.2) is 13.1 Å². The molecular weight excluding hydrogens is 609 g/mol. The molecule has 0 amide bonds. The van der Waals surface area contributed by atoms with Gasteiger partial charge in [0.1, 0.15) is 5.82 Å². The maximum atomic E-state index is 4.98. The van der Waals surface area contributed by atoms with Crippen molar-refractivity contribution < 1.29 is 0 Å². The highest BCUT2D eigenvalue weighted by atomic mass is 28.3. The molecule has 8 rings (SSSR count). The van der Waals surface area contributed by atoms with E-state index < -0.39 is 8.07 Å². The zero-order valence-electron chi connectivity index (χ0n) is 28.1. The number of hydrogen-bond donors (Lipinski definition) is 0. The van der Waals surface area contributed by atoms with Crippen molar-refractivity contribution in [1.82, 2.24) is 4.98 Å². The molecule has 0 aliphatic carbocycles. The molecule has 0 spiro atoms. The van der Waals surface area contributed by atoms with Crippen LogP contribution in [0.4, 0.5) is 17.2 Å². The summed E-state index contributed by atoms with van der Waals surface area (Å²) in [5.41, 5.74) is 9.56. The molecule has 0 unspecified atom stereocenters. The first-order valence-corrected chi connectivity index (χ1v) is 20.5. The maximum absolute atomic E-state index is 4.98. The first kappa shape index (κ1) is 30.6. The average Bonchev–Trinajstić information content (AvgIpc) is 3.15. The monoisotopic (exact) mass is 646 g/mol. The van der Waals surface area contributed by atoms with Gasteiger partial charge in [-0.1, -0.05) is 159 Å². The molecule has 0 saturated heterocycles. The van der Waals surface area contributed by atoms with Crippen molar-refractivity contribution in [2.75, 3.05) is 4.90 Å². The third kappa shape index (κ3) is 5.83. The third-order valence-electron chi connectivity index (χ3n) is 9.48. The fourth-order valence-electron chi connectivity index (χ4n) is 6.94. The zero-order valence-corrected chi connectivity index (χ0v) is 29.1. The summed E-state index contributed by atoms with van der Waals surface area (Å²) in [7, 11) is -1.46. The fraction of sp³-hybridized carbons (Fsp3) is 0.0652. The van der Waals surface area contributed by atoms with Crippen LogP contribution in [0.3, 0.4) is 0 Å². The minimum absolute atomic E-state index is 0.916. The van der Waals surface area contributed by atoms with Crippen molar-refractivity contribution in [2.45, 2.75) is 19.6 Å². The Hall–Kier alpha value is -5.77. The quantitative estimate of drug-likeness (QED) is 0.127. The van der Waals surface area contributed by atoms with E-state index >= 15 is 0 Å². The Labute approximate surface area is 290 Å². The number of rotatable bonds is 7. The molecule has 0 atom stereocenters. The molecule has 1 heterocycles. The molecule has 0 aliphatic rings. The smallest absolute Gasteiger partial charge is 0.137 e. The van der Waals surface area contributed by atoms with Gasteiger partial charge in [-0.25, -0.2) is 4.98 Å². The van der Waals surface area contributed by atoms with E-state index in [4.69, 9.17) is 4.98 Å². The summed E-state index contributed by atoms with van der Waals surface area (Å²) >= 11 is 0. The zero-order chi connectivity index (χ0) is 33.4. The predicted molar refractivity (Wildman–Crippen MR) is 213 cm³/mol. The van der Waals surface area contributed by atoms with Crippen LogP contribution in [-0.2, 0) is 0 Å². The molecule has 3 heteroatoms. The maximum Gasteiger partial charge on any atom is 0.137 e. The Balaban J connectivity index is 1.25. The van der Waals surface area contributed by atoms with Crippen LogP contribution in [0.25, 0.3) is 54.9 Å². The number of pyridine rings is 1. The van der Waals surface area contributed by atoms with Crippen molar-refractivity contribution in [1.29, 1.82) is 0 Å². The minimum Gasteiger partial charge on any atom is -0.295 e. The second kappa shape index (κ2) is 12.7. The molecule has 236 valence electrons. The lowest BCUT2D eigenvalue weighted by molar-refractivity contribution is 1.18. The van der Waals surface area contributed by atoms with Crippen LogP contribution in [0, 0.1) is 0 Å². The van der Waals surface area contributed by atoms with Gasteiger partial charge < -0.3 is 0 Å². The molecule has 0 fully saturated rings. The first-order chi connectivity index (χ1) is 24.0. The molecule has 0 N–H and O–H groups in total. The van der Waals surface area contributed by atoms with E-state index in [9.17, 15) is 0 Å². The van der Waals surface area contributed by atoms with Gasteiger partial charge in [-0.2, -0.15) is 0 Å². The number of fused-ring (bicyclic) bond motifs is 2.